The number of hydrogen-bond donors (Lipinski definition) is 0. The number of aromatic nitrogens is 3. The normalized spacial score (nSPS) is 26.0. The van der Waals surface area contributed by atoms with Crippen molar-refractivity contribution in [3.8, 4) is 5.69 Å². The van der Waals surface area contributed by atoms with Crippen LogP contribution in [0.4, 0.5) is 0 Å². The minimum atomic E-state index is -2.85. The summed E-state index contributed by atoms with van der Waals surface area (Å²) in [5.74, 6) is 0. The average molecular weight is 293 g/mol. The molecule has 3 rings (SSSR count). The van der Waals surface area contributed by atoms with Gasteiger partial charge in [-0.2, -0.15) is 0 Å². The van der Waals surface area contributed by atoms with E-state index in [0.717, 1.165) is 4.57 Å². The fourth-order valence-electron chi connectivity index (χ4n) is 1.88. The van der Waals surface area contributed by atoms with Crippen LogP contribution in [0, 0.1) is 6.85 Å². The van der Waals surface area contributed by atoms with Gasteiger partial charge in [0.2, 0.25) is 0 Å². The first kappa shape index (κ1) is 7.56. The summed E-state index contributed by atoms with van der Waals surface area (Å²) in [7, 11) is -1.07. The summed E-state index contributed by atoms with van der Waals surface area (Å²) in [6.45, 7) is 4.39. The van der Waals surface area contributed by atoms with Crippen LogP contribution in [0.25, 0.3) is 5.69 Å². The predicted octanol–water partition coefficient (Wildman–Crippen LogP) is 1.87. The molecular formula is C15H20BN3O2. The second-order valence-corrected chi connectivity index (χ2v) is 5.82. The van der Waals surface area contributed by atoms with E-state index in [1.165, 1.54) is 0 Å². The van der Waals surface area contributed by atoms with Crippen molar-refractivity contribution in [3.63, 3.8) is 0 Å². The van der Waals surface area contributed by atoms with Crippen LogP contribution in [0.1, 0.15) is 44.2 Å². The van der Waals surface area contributed by atoms with Crippen LogP contribution in [0.2, 0.25) is 0 Å². The Morgan fingerprint density at radius 1 is 1.29 bits per heavy atom. The molecule has 1 aliphatic rings. The third kappa shape index (κ3) is 2.38. The van der Waals surface area contributed by atoms with Crippen LogP contribution in [-0.4, -0.2) is 32.9 Å². The molecule has 110 valence electrons. The molecule has 21 heavy (non-hydrogen) atoms. The molecule has 2 aromatic heterocycles. The van der Waals surface area contributed by atoms with Crippen molar-refractivity contribution in [1.29, 1.82) is 0 Å². The van der Waals surface area contributed by atoms with E-state index < -0.39 is 67.3 Å². The van der Waals surface area contributed by atoms with Crippen LogP contribution >= 0.6 is 0 Å². The lowest BCUT2D eigenvalue weighted by atomic mass is 9.86. The quantitative estimate of drug-likeness (QED) is 0.793. The summed E-state index contributed by atoms with van der Waals surface area (Å²) in [5, 5.41) is 0. The molecule has 0 unspecified atom stereocenters. The molecule has 0 spiro atoms. The fourth-order valence-corrected chi connectivity index (χ4v) is 1.88. The number of rotatable bonds is 2. The summed E-state index contributed by atoms with van der Waals surface area (Å²) in [4.78, 5) is 7.49. The molecule has 1 aliphatic heterocycles. The van der Waals surface area contributed by atoms with Gasteiger partial charge in [0.15, 0.2) is 0 Å². The van der Waals surface area contributed by atoms with Crippen molar-refractivity contribution in [2.45, 2.75) is 45.7 Å². The smallest absolute Gasteiger partial charge is 0.398 e. The van der Waals surface area contributed by atoms with Gasteiger partial charge in [-0.05, 0) is 46.2 Å². The molecule has 0 bridgehead atoms. The molecule has 0 N–H and O–H groups in total. The van der Waals surface area contributed by atoms with Gasteiger partial charge in [-0.1, -0.05) is 0 Å². The highest BCUT2D eigenvalue weighted by Gasteiger charge is 2.52. The van der Waals surface area contributed by atoms with Crippen LogP contribution in [-0.2, 0) is 9.31 Å². The highest BCUT2D eigenvalue weighted by Crippen LogP contribution is 2.36. The van der Waals surface area contributed by atoms with E-state index in [2.05, 4.69) is 9.97 Å². The molecule has 0 radical (unpaired) electrons. The molecule has 1 fully saturated rings. The first-order chi connectivity index (χ1) is 13.1. The van der Waals surface area contributed by atoms with E-state index >= 15 is 0 Å². The Hall–Kier alpha value is -1.66. The maximum atomic E-state index is 8.48. The summed E-state index contributed by atoms with van der Waals surface area (Å²) in [5.41, 5.74) is -2.59. The molecule has 3 heterocycles. The second kappa shape index (κ2) is 4.68. The molecule has 0 aliphatic carbocycles. The SMILES string of the molecule is [2H]c1nc([2H])c(C([2H])([2H])[2H])c(-n2c([2H])nc(B3OC(C)(C)C(C)(C)O3)c2[2H])c1[2H]. The van der Waals surface area contributed by atoms with Crippen LogP contribution < -0.4 is 5.59 Å². The maximum absolute atomic E-state index is 8.48. The average Bonchev–Trinajstić information content (AvgIpc) is 2.94. The zero-order chi connectivity index (χ0) is 22.1. The Morgan fingerprint density at radius 3 is 2.67 bits per heavy atom. The standard InChI is InChI=1S/C15H20BN3O2/c1-11-8-17-7-6-12(11)19-9-13(18-10-19)16-20-14(2,3)15(4,5)21-16/h6-10H,1-5H3/i1D3,6D,7D,8D,9D,10D. The number of nitrogens with zero attached hydrogens (tertiary/aromatic N) is 3. The predicted molar refractivity (Wildman–Crippen MR) is 81.8 cm³/mol. The highest BCUT2D eigenvalue weighted by atomic mass is 16.7. The van der Waals surface area contributed by atoms with Gasteiger partial charge < -0.3 is 13.9 Å². The van der Waals surface area contributed by atoms with Gasteiger partial charge in [-0.25, -0.2) is 4.98 Å². The first-order valence-corrected chi connectivity index (χ1v) is 6.48. The third-order valence-corrected chi connectivity index (χ3v) is 3.83. The minimum absolute atomic E-state index is 0.0561. The lowest BCUT2D eigenvalue weighted by Gasteiger charge is -2.32. The molecule has 1 saturated heterocycles. The van der Waals surface area contributed by atoms with Gasteiger partial charge in [0.25, 0.3) is 0 Å². The Labute approximate surface area is 136 Å². The number of imidazole rings is 1. The second-order valence-electron chi connectivity index (χ2n) is 5.82. The van der Waals surface area contributed by atoms with Crippen LogP contribution in [0.15, 0.2) is 30.9 Å². The van der Waals surface area contributed by atoms with Crippen molar-refractivity contribution in [2.75, 3.05) is 0 Å². The van der Waals surface area contributed by atoms with Gasteiger partial charge in [0, 0.05) is 22.6 Å². The van der Waals surface area contributed by atoms with Crippen molar-refractivity contribution < 1.29 is 20.3 Å². The number of pyridine rings is 1. The maximum Gasteiger partial charge on any atom is 0.516 e. The zero-order valence-electron chi connectivity index (χ0n) is 20.2. The van der Waals surface area contributed by atoms with Gasteiger partial charge in [-0.15, -0.1) is 0 Å². The molecule has 0 atom stereocenters. The monoisotopic (exact) mass is 293 g/mol. The first-order valence-electron chi connectivity index (χ1n) is 10.5. The summed E-state index contributed by atoms with van der Waals surface area (Å²) in [6.07, 6.45) is -2.31. The summed E-state index contributed by atoms with van der Waals surface area (Å²) < 4.78 is 76.1. The summed E-state index contributed by atoms with van der Waals surface area (Å²) >= 11 is 0. The van der Waals surface area contributed by atoms with Gasteiger partial charge in [0.1, 0.15) is 1.37 Å². The summed E-state index contributed by atoms with van der Waals surface area (Å²) in [6, 6.07) is -0.619. The van der Waals surface area contributed by atoms with Crippen molar-refractivity contribution >= 4 is 12.7 Å². The molecule has 0 saturated carbocycles. The lowest BCUT2D eigenvalue weighted by Crippen LogP contribution is -2.41. The fraction of sp³-hybridized carbons (Fsp3) is 0.467. The Bertz CT molecular complexity index is 973. The van der Waals surface area contributed by atoms with Crippen LogP contribution in [0.5, 0.6) is 0 Å². The largest absolute Gasteiger partial charge is 0.516 e. The lowest BCUT2D eigenvalue weighted by molar-refractivity contribution is 0.00578. The minimum Gasteiger partial charge on any atom is -0.398 e. The van der Waals surface area contributed by atoms with Gasteiger partial charge in [-0.3, -0.25) is 4.98 Å². The van der Waals surface area contributed by atoms with E-state index in [4.69, 9.17) is 20.3 Å². The van der Waals surface area contributed by atoms with Gasteiger partial charge >= 0.3 is 7.12 Å². The molecule has 6 heteroatoms. The van der Waals surface area contributed by atoms with Gasteiger partial charge in [0.05, 0.1) is 34.3 Å². The number of hydrogen-bond acceptors (Lipinski definition) is 4. The van der Waals surface area contributed by atoms with E-state index in [9.17, 15) is 0 Å². The third-order valence-electron chi connectivity index (χ3n) is 3.83. The highest BCUT2D eigenvalue weighted by molar-refractivity contribution is 6.61. The van der Waals surface area contributed by atoms with E-state index in [0.29, 0.717) is 0 Å². The van der Waals surface area contributed by atoms with E-state index in [1.54, 1.807) is 0 Å². The van der Waals surface area contributed by atoms with Crippen molar-refractivity contribution in [1.82, 2.24) is 14.5 Å². The molecular weight excluding hydrogens is 265 g/mol. The Kier molecular flexibility index (Phi) is 1.68. The van der Waals surface area contributed by atoms with Crippen LogP contribution in [0.3, 0.4) is 0 Å². The van der Waals surface area contributed by atoms with E-state index in [1.807, 2.05) is 27.7 Å². The van der Waals surface area contributed by atoms with E-state index in [-0.39, 0.29) is 5.59 Å². The van der Waals surface area contributed by atoms with Crippen molar-refractivity contribution in [2.24, 2.45) is 0 Å². The topological polar surface area (TPSA) is 49.2 Å². The van der Waals surface area contributed by atoms with Crippen molar-refractivity contribution in [3.05, 3.63) is 36.4 Å². The molecule has 2 aromatic rings. The zero-order valence-corrected chi connectivity index (χ0v) is 12.2. The molecule has 5 nitrogen and oxygen atoms in total. The Balaban J connectivity index is 2.24. The molecule has 0 amide bonds. The Morgan fingerprint density at radius 2 is 2.00 bits per heavy atom. The molecule has 0 aromatic carbocycles.